The summed E-state index contributed by atoms with van der Waals surface area (Å²) in [6.45, 7) is 5.03. The monoisotopic (exact) mass is 402 g/mol. The zero-order valence-corrected chi connectivity index (χ0v) is 16.3. The van der Waals surface area contributed by atoms with Gasteiger partial charge in [-0.2, -0.15) is 13.2 Å². The van der Waals surface area contributed by atoms with Gasteiger partial charge in [-0.25, -0.2) is 0 Å². The van der Waals surface area contributed by atoms with Crippen LogP contribution < -0.4 is 0 Å². The molecule has 1 aromatic heterocycles. The predicted molar refractivity (Wildman–Crippen MR) is 108 cm³/mol. The average molecular weight is 402 g/mol. The number of aromatic nitrogens is 1. The number of ether oxygens (including phenoxy) is 1. The van der Waals surface area contributed by atoms with Crippen molar-refractivity contribution >= 4 is 10.9 Å². The van der Waals surface area contributed by atoms with Crippen LogP contribution in [0.4, 0.5) is 13.2 Å². The molecule has 1 saturated heterocycles. The molecule has 154 valence electrons. The molecule has 0 spiro atoms. The molecule has 0 saturated carbocycles. The molecule has 0 N–H and O–H groups in total. The van der Waals surface area contributed by atoms with Crippen LogP contribution in [0.25, 0.3) is 10.9 Å². The fraction of sp³-hybridized carbons (Fsp3) is 0.391. The molecule has 0 unspecified atom stereocenters. The number of para-hydroxylation sites is 1. The maximum atomic E-state index is 13.0. The van der Waals surface area contributed by atoms with Crippen molar-refractivity contribution in [2.45, 2.75) is 25.6 Å². The molecule has 1 fully saturated rings. The normalized spacial score (nSPS) is 15.8. The first-order valence-electron chi connectivity index (χ1n) is 10.0. The summed E-state index contributed by atoms with van der Waals surface area (Å²) < 4.78 is 46.6. The zero-order valence-electron chi connectivity index (χ0n) is 16.3. The Hall–Kier alpha value is -2.31. The first-order valence-corrected chi connectivity index (χ1v) is 10.0. The summed E-state index contributed by atoms with van der Waals surface area (Å²) in [4.78, 5) is 2.42. The Kier molecular flexibility index (Phi) is 5.92. The van der Waals surface area contributed by atoms with Gasteiger partial charge in [0.2, 0.25) is 0 Å². The summed E-state index contributed by atoms with van der Waals surface area (Å²) in [5.74, 6) is 0. The first kappa shape index (κ1) is 20.0. The Balaban J connectivity index is 1.51. The van der Waals surface area contributed by atoms with E-state index >= 15 is 0 Å². The molecular weight excluding hydrogens is 377 g/mol. The smallest absolute Gasteiger partial charge is 0.379 e. The summed E-state index contributed by atoms with van der Waals surface area (Å²) in [5.41, 5.74) is 2.37. The SMILES string of the molecule is FC(F)(F)c1cccc(Cn2cc(CCCN3CCOCC3)c3ccccc32)c1. The molecule has 1 aliphatic heterocycles. The molecule has 0 radical (unpaired) electrons. The lowest BCUT2D eigenvalue weighted by atomic mass is 10.1. The van der Waals surface area contributed by atoms with E-state index in [-0.39, 0.29) is 0 Å². The van der Waals surface area contributed by atoms with Crippen molar-refractivity contribution in [1.29, 1.82) is 0 Å². The van der Waals surface area contributed by atoms with Crippen molar-refractivity contribution in [2.75, 3.05) is 32.8 Å². The first-order chi connectivity index (χ1) is 14.0. The third-order valence-corrected chi connectivity index (χ3v) is 5.50. The molecule has 2 aromatic carbocycles. The number of benzene rings is 2. The lowest BCUT2D eigenvalue weighted by Gasteiger charge is -2.26. The number of hydrogen-bond acceptors (Lipinski definition) is 2. The topological polar surface area (TPSA) is 17.4 Å². The Morgan fingerprint density at radius 1 is 0.966 bits per heavy atom. The van der Waals surface area contributed by atoms with E-state index in [1.54, 1.807) is 6.07 Å². The summed E-state index contributed by atoms with van der Waals surface area (Å²) in [5, 5.41) is 1.18. The Morgan fingerprint density at radius 2 is 1.76 bits per heavy atom. The molecule has 4 rings (SSSR count). The summed E-state index contributed by atoms with van der Waals surface area (Å²) in [7, 11) is 0. The van der Waals surface area contributed by atoms with E-state index in [9.17, 15) is 13.2 Å². The van der Waals surface area contributed by atoms with Crippen molar-refractivity contribution in [3.8, 4) is 0 Å². The van der Waals surface area contributed by atoms with Gasteiger partial charge in [0.15, 0.2) is 0 Å². The van der Waals surface area contributed by atoms with Crippen molar-refractivity contribution in [1.82, 2.24) is 9.47 Å². The van der Waals surface area contributed by atoms with Gasteiger partial charge in [-0.3, -0.25) is 4.90 Å². The summed E-state index contributed by atoms with van der Waals surface area (Å²) in [6, 6.07) is 13.7. The Labute approximate surface area is 168 Å². The third-order valence-electron chi connectivity index (χ3n) is 5.50. The zero-order chi connectivity index (χ0) is 20.3. The number of halogens is 3. The second-order valence-corrected chi connectivity index (χ2v) is 7.56. The number of rotatable bonds is 6. The molecule has 2 heterocycles. The summed E-state index contributed by atoms with van der Waals surface area (Å²) >= 11 is 0. The van der Waals surface area contributed by atoms with Crippen LogP contribution in [0.3, 0.4) is 0 Å². The van der Waals surface area contributed by atoms with E-state index in [2.05, 4.69) is 21.7 Å². The number of hydrogen-bond donors (Lipinski definition) is 0. The number of nitrogens with zero attached hydrogens (tertiary/aromatic N) is 2. The van der Waals surface area contributed by atoms with Gasteiger partial charge in [0.1, 0.15) is 0 Å². The van der Waals surface area contributed by atoms with Crippen LogP contribution in [0.2, 0.25) is 0 Å². The van der Waals surface area contributed by atoms with Gasteiger partial charge in [0.25, 0.3) is 0 Å². The van der Waals surface area contributed by atoms with E-state index < -0.39 is 11.7 Å². The van der Waals surface area contributed by atoms with Gasteiger partial charge < -0.3 is 9.30 Å². The molecule has 0 aliphatic carbocycles. The number of alkyl halides is 3. The molecule has 0 bridgehead atoms. The van der Waals surface area contributed by atoms with E-state index in [4.69, 9.17) is 4.74 Å². The average Bonchev–Trinajstić information content (AvgIpc) is 3.06. The quantitative estimate of drug-likeness (QED) is 0.579. The maximum Gasteiger partial charge on any atom is 0.416 e. The van der Waals surface area contributed by atoms with Gasteiger partial charge >= 0.3 is 6.18 Å². The molecule has 0 atom stereocenters. The van der Waals surface area contributed by atoms with E-state index in [1.165, 1.54) is 23.1 Å². The van der Waals surface area contributed by atoms with Crippen LogP contribution in [-0.2, 0) is 23.9 Å². The van der Waals surface area contributed by atoms with Crippen molar-refractivity contribution in [3.05, 3.63) is 71.4 Å². The third kappa shape index (κ3) is 4.82. The number of aryl methyl sites for hydroxylation is 1. The molecule has 29 heavy (non-hydrogen) atoms. The van der Waals surface area contributed by atoms with E-state index in [0.29, 0.717) is 12.1 Å². The van der Waals surface area contributed by atoms with Gasteiger partial charge in [0.05, 0.1) is 18.8 Å². The highest BCUT2D eigenvalue weighted by Gasteiger charge is 2.30. The standard InChI is InChI=1S/C23H25F3N2O/c24-23(25,26)20-7-3-5-18(15-20)16-28-17-19(21-8-1-2-9-22(21)28)6-4-10-27-11-13-29-14-12-27/h1-3,5,7-9,15,17H,4,6,10-14,16H2. The minimum Gasteiger partial charge on any atom is -0.379 e. The Morgan fingerprint density at radius 3 is 2.55 bits per heavy atom. The lowest BCUT2D eigenvalue weighted by Crippen LogP contribution is -2.36. The summed E-state index contributed by atoms with van der Waals surface area (Å²) in [6.07, 6.45) is -0.214. The molecular formula is C23H25F3N2O. The van der Waals surface area contributed by atoms with Gasteiger partial charge in [-0.05, 0) is 48.7 Å². The van der Waals surface area contributed by atoms with E-state index in [1.807, 2.05) is 18.2 Å². The van der Waals surface area contributed by atoms with Crippen LogP contribution in [0, 0.1) is 0 Å². The fourth-order valence-corrected chi connectivity index (χ4v) is 4.01. The fourth-order valence-electron chi connectivity index (χ4n) is 4.01. The predicted octanol–water partition coefficient (Wildman–Crippen LogP) is 4.97. The number of fused-ring (bicyclic) bond motifs is 1. The minimum absolute atomic E-state index is 0.425. The molecule has 6 heteroatoms. The van der Waals surface area contributed by atoms with Gasteiger partial charge in [-0.15, -0.1) is 0 Å². The molecule has 3 nitrogen and oxygen atoms in total. The highest BCUT2D eigenvalue weighted by molar-refractivity contribution is 5.84. The second-order valence-electron chi connectivity index (χ2n) is 7.56. The van der Waals surface area contributed by atoms with Gasteiger partial charge in [-0.1, -0.05) is 30.3 Å². The minimum atomic E-state index is -4.32. The van der Waals surface area contributed by atoms with Crippen LogP contribution in [0.1, 0.15) is 23.1 Å². The molecule has 3 aromatic rings. The van der Waals surface area contributed by atoms with Crippen molar-refractivity contribution < 1.29 is 17.9 Å². The highest BCUT2D eigenvalue weighted by Crippen LogP contribution is 2.30. The van der Waals surface area contributed by atoms with Gasteiger partial charge in [0, 0.05) is 36.7 Å². The van der Waals surface area contributed by atoms with Crippen molar-refractivity contribution in [2.24, 2.45) is 0 Å². The van der Waals surface area contributed by atoms with E-state index in [0.717, 1.165) is 57.3 Å². The molecule has 0 amide bonds. The maximum absolute atomic E-state index is 13.0. The largest absolute Gasteiger partial charge is 0.416 e. The number of morpholine rings is 1. The lowest BCUT2D eigenvalue weighted by molar-refractivity contribution is -0.137. The van der Waals surface area contributed by atoms with Crippen molar-refractivity contribution in [3.63, 3.8) is 0 Å². The highest BCUT2D eigenvalue weighted by atomic mass is 19.4. The molecule has 1 aliphatic rings. The van der Waals surface area contributed by atoms with Crippen LogP contribution in [0.15, 0.2) is 54.7 Å². The van der Waals surface area contributed by atoms with Crippen LogP contribution in [-0.4, -0.2) is 42.3 Å². The second kappa shape index (κ2) is 8.59. The Bertz CT molecular complexity index is 958. The van der Waals surface area contributed by atoms with Crippen LogP contribution in [0.5, 0.6) is 0 Å². The van der Waals surface area contributed by atoms with Crippen LogP contribution >= 0.6 is 0 Å².